The van der Waals surface area contributed by atoms with Crippen LogP contribution in [0.1, 0.15) is 45.2 Å². The Hall–Kier alpha value is -2.50. The molecule has 0 aliphatic carbocycles. The molecule has 1 aromatic carbocycles. The van der Waals surface area contributed by atoms with Crippen molar-refractivity contribution in [3.8, 4) is 0 Å². The van der Waals surface area contributed by atoms with Gasteiger partial charge in [0.15, 0.2) is 0 Å². The monoisotopic (exact) mass is 356 g/mol. The van der Waals surface area contributed by atoms with E-state index in [-0.39, 0.29) is 6.09 Å². The third kappa shape index (κ3) is 5.00. The SMILES string of the molecule is CC(C)(C)OC(=O)NCc1ccc(N2CCC(n3cccn3)CC2)cc1. The van der Waals surface area contributed by atoms with E-state index < -0.39 is 5.60 Å². The van der Waals surface area contributed by atoms with E-state index in [1.807, 2.05) is 39.2 Å². The van der Waals surface area contributed by atoms with Crippen LogP contribution in [-0.2, 0) is 11.3 Å². The molecule has 1 amide bonds. The van der Waals surface area contributed by atoms with Crippen molar-refractivity contribution in [2.45, 2.75) is 51.8 Å². The number of aromatic nitrogens is 2. The second-order valence-electron chi connectivity index (χ2n) is 7.73. The number of hydrogen-bond acceptors (Lipinski definition) is 4. The van der Waals surface area contributed by atoms with Crippen LogP contribution in [0.15, 0.2) is 42.7 Å². The van der Waals surface area contributed by atoms with E-state index in [4.69, 9.17) is 4.74 Å². The van der Waals surface area contributed by atoms with Crippen molar-refractivity contribution < 1.29 is 9.53 Å². The summed E-state index contributed by atoms with van der Waals surface area (Å²) in [5.74, 6) is 0. The van der Waals surface area contributed by atoms with Crippen LogP contribution in [0.25, 0.3) is 0 Å². The molecule has 0 bridgehead atoms. The normalized spacial score (nSPS) is 15.7. The number of carbonyl (C=O) groups is 1. The minimum Gasteiger partial charge on any atom is -0.444 e. The Morgan fingerprint density at radius 2 is 1.92 bits per heavy atom. The molecule has 2 heterocycles. The predicted octanol–water partition coefficient (Wildman–Crippen LogP) is 3.75. The number of benzene rings is 1. The lowest BCUT2D eigenvalue weighted by Crippen LogP contribution is -2.34. The van der Waals surface area contributed by atoms with Crippen molar-refractivity contribution in [3.63, 3.8) is 0 Å². The van der Waals surface area contributed by atoms with Gasteiger partial charge >= 0.3 is 6.09 Å². The first-order chi connectivity index (χ1) is 12.4. The van der Waals surface area contributed by atoms with E-state index in [1.54, 1.807) is 0 Å². The highest BCUT2D eigenvalue weighted by Crippen LogP contribution is 2.26. The van der Waals surface area contributed by atoms with Gasteiger partial charge in [0.1, 0.15) is 5.60 Å². The summed E-state index contributed by atoms with van der Waals surface area (Å²) < 4.78 is 7.33. The Bertz CT molecular complexity index is 696. The smallest absolute Gasteiger partial charge is 0.407 e. The number of nitrogens with zero attached hydrogens (tertiary/aromatic N) is 3. The largest absolute Gasteiger partial charge is 0.444 e. The number of ether oxygens (including phenoxy) is 1. The summed E-state index contributed by atoms with van der Waals surface area (Å²) >= 11 is 0. The number of hydrogen-bond donors (Lipinski definition) is 1. The van der Waals surface area contributed by atoms with Gasteiger partial charge in [-0.1, -0.05) is 12.1 Å². The molecule has 2 aromatic rings. The predicted molar refractivity (Wildman–Crippen MR) is 102 cm³/mol. The van der Waals surface area contributed by atoms with Gasteiger partial charge in [0.25, 0.3) is 0 Å². The van der Waals surface area contributed by atoms with E-state index in [1.165, 1.54) is 5.69 Å². The standard InChI is InChI=1S/C20H28N4O2/c1-20(2,3)26-19(25)21-15-16-5-7-17(8-6-16)23-13-9-18(10-14-23)24-12-4-11-22-24/h4-8,11-12,18H,9-10,13-15H2,1-3H3,(H,21,25). The topological polar surface area (TPSA) is 59.4 Å². The molecule has 0 spiro atoms. The number of alkyl carbamates (subject to hydrolysis) is 1. The molecule has 0 unspecified atom stereocenters. The van der Waals surface area contributed by atoms with E-state index in [2.05, 4.69) is 44.3 Å². The molecule has 1 aliphatic rings. The van der Waals surface area contributed by atoms with Crippen LogP contribution in [0.2, 0.25) is 0 Å². The average molecular weight is 356 g/mol. The fourth-order valence-corrected chi connectivity index (χ4v) is 3.20. The number of carbonyl (C=O) groups excluding carboxylic acids is 1. The molecule has 26 heavy (non-hydrogen) atoms. The van der Waals surface area contributed by atoms with Gasteiger partial charge in [-0.2, -0.15) is 5.10 Å². The number of piperidine rings is 1. The first-order valence-corrected chi connectivity index (χ1v) is 9.20. The summed E-state index contributed by atoms with van der Waals surface area (Å²) in [6, 6.07) is 10.9. The first kappa shape index (κ1) is 18.3. The maximum absolute atomic E-state index is 11.7. The fraction of sp³-hybridized carbons (Fsp3) is 0.500. The molecule has 1 aliphatic heterocycles. The van der Waals surface area contributed by atoms with E-state index in [0.717, 1.165) is 31.5 Å². The quantitative estimate of drug-likeness (QED) is 0.906. The summed E-state index contributed by atoms with van der Waals surface area (Å²) in [5, 5.41) is 7.15. The Balaban J connectivity index is 1.48. The van der Waals surface area contributed by atoms with Crippen molar-refractivity contribution in [2.24, 2.45) is 0 Å². The highest BCUT2D eigenvalue weighted by Gasteiger charge is 2.21. The molecule has 3 rings (SSSR count). The van der Waals surface area contributed by atoms with Gasteiger partial charge < -0.3 is 15.0 Å². The van der Waals surface area contributed by atoms with Crippen molar-refractivity contribution >= 4 is 11.8 Å². The molecule has 1 aromatic heterocycles. The summed E-state index contributed by atoms with van der Waals surface area (Å²) in [5.41, 5.74) is 1.81. The Morgan fingerprint density at radius 3 is 2.50 bits per heavy atom. The van der Waals surface area contributed by atoms with Crippen LogP contribution in [-0.4, -0.2) is 34.6 Å². The van der Waals surface area contributed by atoms with Crippen LogP contribution in [0.5, 0.6) is 0 Å². The Kier molecular flexibility index (Phi) is 5.49. The zero-order valence-corrected chi connectivity index (χ0v) is 15.8. The van der Waals surface area contributed by atoms with Crippen LogP contribution in [0, 0.1) is 0 Å². The molecular weight excluding hydrogens is 328 g/mol. The lowest BCUT2D eigenvalue weighted by atomic mass is 10.0. The van der Waals surface area contributed by atoms with Crippen LogP contribution in [0.3, 0.4) is 0 Å². The molecule has 1 fully saturated rings. The molecule has 0 atom stereocenters. The second-order valence-corrected chi connectivity index (χ2v) is 7.73. The van der Waals surface area contributed by atoms with E-state index in [9.17, 15) is 4.79 Å². The molecule has 0 radical (unpaired) electrons. The fourth-order valence-electron chi connectivity index (χ4n) is 3.20. The number of anilines is 1. The highest BCUT2D eigenvalue weighted by molar-refractivity contribution is 5.67. The van der Waals surface area contributed by atoms with Crippen LogP contribution < -0.4 is 10.2 Å². The van der Waals surface area contributed by atoms with Crippen LogP contribution in [0.4, 0.5) is 10.5 Å². The minimum absolute atomic E-state index is 0.387. The minimum atomic E-state index is -0.476. The average Bonchev–Trinajstić information content (AvgIpc) is 3.14. The zero-order chi connectivity index (χ0) is 18.6. The maximum atomic E-state index is 11.7. The lowest BCUT2D eigenvalue weighted by molar-refractivity contribution is 0.0523. The van der Waals surface area contributed by atoms with E-state index in [0.29, 0.717) is 12.6 Å². The van der Waals surface area contributed by atoms with Gasteiger partial charge in [-0.25, -0.2) is 4.79 Å². The van der Waals surface area contributed by atoms with Crippen molar-refractivity contribution in [1.29, 1.82) is 0 Å². The van der Waals surface area contributed by atoms with Gasteiger partial charge in [-0.15, -0.1) is 0 Å². The summed E-state index contributed by atoms with van der Waals surface area (Å²) in [6.07, 6.45) is 5.71. The van der Waals surface area contributed by atoms with Crippen LogP contribution >= 0.6 is 0 Å². The summed E-state index contributed by atoms with van der Waals surface area (Å²) in [7, 11) is 0. The number of rotatable bonds is 4. The maximum Gasteiger partial charge on any atom is 0.407 e. The third-order valence-corrected chi connectivity index (χ3v) is 4.50. The van der Waals surface area contributed by atoms with E-state index >= 15 is 0 Å². The molecule has 6 nitrogen and oxygen atoms in total. The number of nitrogens with one attached hydrogen (secondary N) is 1. The lowest BCUT2D eigenvalue weighted by Gasteiger charge is -2.33. The zero-order valence-electron chi connectivity index (χ0n) is 15.8. The first-order valence-electron chi connectivity index (χ1n) is 9.20. The van der Waals surface area contributed by atoms with Gasteiger partial charge in [-0.3, -0.25) is 4.68 Å². The van der Waals surface area contributed by atoms with Crippen molar-refractivity contribution in [3.05, 3.63) is 48.3 Å². The van der Waals surface area contributed by atoms with Gasteiger partial charge in [0.05, 0.1) is 6.04 Å². The Morgan fingerprint density at radius 1 is 1.23 bits per heavy atom. The van der Waals surface area contributed by atoms with Gasteiger partial charge in [-0.05, 0) is 57.4 Å². The Labute approximate surface area is 155 Å². The summed E-state index contributed by atoms with van der Waals surface area (Å²) in [6.45, 7) is 8.10. The number of amides is 1. The molecular formula is C20H28N4O2. The molecule has 140 valence electrons. The molecule has 1 saturated heterocycles. The second kappa shape index (κ2) is 7.81. The summed E-state index contributed by atoms with van der Waals surface area (Å²) in [4.78, 5) is 14.1. The van der Waals surface area contributed by atoms with Gasteiger partial charge in [0.2, 0.25) is 0 Å². The van der Waals surface area contributed by atoms with Crippen molar-refractivity contribution in [1.82, 2.24) is 15.1 Å². The molecule has 0 saturated carbocycles. The van der Waals surface area contributed by atoms with Crippen molar-refractivity contribution in [2.75, 3.05) is 18.0 Å². The van der Waals surface area contributed by atoms with Gasteiger partial charge in [0, 0.05) is 37.7 Å². The third-order valence-electron chi connectivity index (χ3n) is 4.50. The molecule has 6 heteroatoms. The highest BCUT2D eigenvalue weighted by atomic mass is 16.6. The molecule has 1 N–H and O–H groups in total.